The minimum absolute atomic E-state index is 0.0368. The van der Waals surface area contributed by atoms with Crippen molar-refractivity contribution in [3.8, 4) is 0 Å². The molecular formula is C12H23NO2S. The second-order valence-corrected chi connectivity index (χ2v) is 7.95. The molecule has 0 N–H and O–H groups in total. The van der Waals surface area contributed by atoms with E-state index in [4.69, 9.17) is 0 Å². The SMILES string of the molecule is CC(C)CC1CCCN(S(=O)(=O)C2CC2)C1. The Morgan fingerprint density at radius 3 is 2.50 bits per heavy atom. The van der Waals surface area contributed by atoms with Crippen LogP contribution in [0, 0.1) is 11.8 Å². The molecule has 2 rings (SSSR count). The van der Waals surface area contributed by atoms with Gasteiger partial charge in [0.25, 0.3) is 0 Å². The summed E-state index contributed by atoms with van der Waals surface area (Å²) in [6, 6.07) is 0. The lowest BCUT2D eigenvalue weighted by Crippen LogP contribution is -2.41. The van der Waals surface area contributed by atoms with Gasteiger partial charge in [-0.05, 0) is 43.9 Å². The van der Waals surface area contributed by atoms with E-state index >= 15 is 0 Å². The van der Waals surface area contributed by atoms with Crippen LogP contribution in [0.1, 0.15) is 46.0 Å². The summed E-state index contributed by atoms with van der Waals surface area (Å²) in [7, 11) is -2.92. The largest absolute Gasteiger partial charge is 0.216 e. The maximum atomic E-state index is 12.1. The zero-order valence-electron chi connectivity index (χ0n) is 10.4. The molecule has 1 heterocycles. The molecule has 0 spiro atoms. The molecule has 1 aliphatic heterocycles. The van der Waals surface area contributed by atoms with E-state index in [0.29, 0.717) is 11.8 Å². The smallest absolute Gasteiger partial charge is 0.212 e. The molecule has 0 aromatic rings. The van der Waals surface area contributed by atoms with Crippen LogP contribution in [0.3, 0.4) is 0 Å². The van der Waals surface area contributed by atoms with Gasteiger partial charge >= 0.3 is 0 Å². The van der Waals surface area contributed by atoms with Crippen molar-refractivity contribution in [3.05, 3.63) is 0 Å². The van der Waals surface area contributed by atoms with Crippen LogP contribution < -0.4 is 0 Å². The molecule has 3 nitrogen and oxygen atoms in total. The first-order valence-corrected chi connectivity index (χ1v) is 7.99. The summed E-state index contributed by atoms with van der Waals surface area (Å²) in [4.78, 5) is 0. The Labute approximate surface area is 99.3 Å². The molecule has 0 aromatic heterocycles. The monoisotopic (exact) mass is 245 g/mol. The van der Waals surface area contributed by atoms with E-state index in [1.807, 2.05) is 0 Å². The highest BCUT2D eigenvalue weighted by Crippen LogP contribution is 2.34. The van der Waals surface area contributed by atoms with Crippen LogP contribution in [0.15, 0.2) is 0 Å². The number of nitrogens with zero attached hydrogens (tertiary/aromatic N) is 1. The van der Waals surface area contributed by atoms with Gasteiger partial charge in [0, 0.05) is 13.1 Å². The van der Waals surface area contributed by atoms with Crippen molar-refractivity contribution in [2.45, 2.75) is 51.2 Å². The Morgan fingerprint density at radius 1 is 1.25 bits per heavy atom. The molecule has 94 valence electrons. The van der Waals surface area contributed by atoms with Gasteiger partial charge in [-0.2, -0.15) is 0 Å². The Balaban J connectivity index is 1.96. The van der Waals surface area contributed by atoms with E-state index in [9.17, 15) is 8.42 Å². The van der Waals surface area contributed by atoms with Gasteiger partial charge < -0.3 is 0 Å². The fourth-order valence-electron chi connectivity index (χ4n) is 2.69. The lowest BCUT2D eigenvalue weighted by molar-refractivity contribution is 0.238. The molecule has 0 radical (unpaired) electrons. The highest BCUT2D eigenvalue weighted by Gasteiger charge is 2.41. The van der Waals surface area contributed by atoms with E-state index in [0.717, 1.165) is 38.8 Å². The van der Waals surface area contributed by atoms with E-state index < -0.39 is 10.0 Å². The minimum Gasteiger partial charge on any atom is -0.212 e. The number of hydrogen-bond acceptors (Lipinski definition) is 2. The predicted octanol–water partition coefficient (Wildman–Crippen LogP) is 2.24. The molecule has 1 saturated heterocycles. The molecule has 1 aliphatic carbocycles. The lowest BCUT2D eigenvalue weighted by Gasteiger charge is -2.32. The summed E-state index contributed by atoms with van der Waals surface area (Å²) in [6.07, 6.45) is 5.18. The van der Waals surface area contributed by atoms with Crippen LogP contribution in [-0.4, -0.2) is 31.1 Å². The fourth-order valence-corrected chi connectivity index (χ4v) is 4.65. The van der Waals surface area contributed by atoms with Crippen LogP contribution in [0.2, 0.25) is 0 Å². The third kappa shape index (κ3) is 2.77. The Morgan fingerprint density at radius 2 is 1.94 bits per heavy atom. The highest BCUT2D eigenvalue weighted by atomic mass is 32.2. The summed E-state index contributed by atoms with van der Waals surface area (Å²) in [5.41, 5.74) is 0. The van der Waals surface area contributed by atoms with Gasteiger partial charge in [0.1, 0.15) is 0 Å². The average molecular weight is 245 g/mol. The van der Waals surface area contributed by atoms with Crippen LogP contribution in [0.25, 0.3) is 0 Å². The summed E-state index contributed by atoms with van der Waals surface area (Å²) in [5.74, 6) is 1.26. The maximum absolute atomic E-state index is 12.1. The first-order valence-electron chi connectivity index (χ1n) is 6.49. The van der Waals surface area contributed by atoms with Crippen molar-refractivity contribution >= 4 is 10.0 Å². The zero-order valence-corrected chi connectivity index (χ0v) is 11.2. The topological polar surface area (TPSA) is 37.4 Å². The van der Waals surface area contributed by atoms with Crippen LogP contribution in [-0.2, 0) is 10.0 Å². The minimum atomic E-state index is -2.92. The quantitative estimate of drug-likeness (QED) is 0.761. The zero-order chi connectivity index (χ0) is 11.8. The lowest BCUT2D eigenvalue weighted by atomic mass is 9.91. The van der Waals surface area contributed by atoms with Gasteiger partial charge in [0.15, 0.2) is 0 Å². The predicted molar refractivity (Wildman–Crippen MR) is 65.7 cm³/mol. The second-order valence-electron chi connectivity index (χ2n) is 5.74. The van der Waals surface area contributed by atoms with E-state index in [1.165, 1.54) is 6.42 Å². The highest BCUT2D eigenvalue weighted by molar-refractivity contribution is 7.90. The summed E-state index contributed by atoms with van der Waals surface area (Å²) in [5, 5.41) is -0.0368. The van der Waals surface area contributed by atoms with Gasteiger partial charge in [0.2, 0.25) is 10.0 Å². The molecule has 16 heavy (non-hydrogen) atoms. The standard InChI is InChI=1S/C12H23NO2S/c1-10(2)8-11-4-3-7-13(9-11)16(14,15)12-5-6-12/h10-12H,3-9H2,1-2H3. The van der Waals surface area contributed by atoms with Crippen molar-refractivity contribution in [3.63, 3.8) is 0 Å². The molecule has 1 atom stereocenters. The third-order valence-corrected chi connectivity index (χ3v) is 5.96. The average Bonchev–Trinajstić information content (AvgIpc) is 3.00. The first-order chi connectivity index (χ1) is 7.50. The molecule has 1 unspecified atom stereocenters. The molecular weight excluding hydrogens is 222 g/mol. The summed E-state index contributed by atoms with van der Waals surface area (Å²) in [6.45, 7) is 5.97. The molecule has 2 fully saturated rings. The van der Waals surface area contributed by atoms with E-state index in [2.05, 4.69) is 13.8 Å². The van der Waals surface area contributed by atoms with E-state index in [-0.39, 0.29) is 5.25 Å². The van der Waals surface area contributed by atoms with Crippen molar-refractivity contribution in [2.75, 3.05) is 13.1 Å². The number of rotatable bonds is 4. The van der Waals surface area contributed by atoms with Crippen molar-refractivity contribution in [2.24, 2.45) is 11.8 Å². The Hall–Kier alpha value is -0.0900. The first kappa shape index (κ1) is 12.4. The van der Waals surface area contributed by atoms with Crippen LogP contribution in [0.5, 0.6) is 0 Å². The molecule has 0 amide bonds. The molecule has 0 aromatic carbocycles. The fraction of sp³-hybridized carbons (Fsp3) is 1.00. The van der Waals surface area contributed by atoms with E-state index in [1.54, 1.807) is 4.31 Å². The summed E-state index contributed by atoms with van der Waals surface area (Å²) >= 11 is 0. The molecule has 2 aliphatic rings. The van der Waals surface area contributed by atoms with Gasteiger partial charge in [-0.1, -0.05) is 13.8 Å². The summed E-state index contributed by atoms with van der Waals surface area (Å²) < 4.78 is 26.0. The maximum Gasteiger partial charge on any atom is 0.216 e. The molecule has 1 saturated carbocycles. The van der Waals surface area contributed by atoms with Gasteiger partial charge in [0.05, 0.1) is 5.25 Å². The normalized spacial score (nSPS) is 28.6. The molecule has 4 heteroatoms. The number of sulfonamides is 1. The van der Waals surface area contributed by atoms with Gasteiger partial charge in [-0.15, -0.1) is 0 Å². The van der Waals surface area contributed by atoms with Gasteiger partial charge in [-0.3, -0.25) is 0 Å². The van der Waals surface area contributed by atoms with Crippen LogP contribution in [0.4, 0.5) is 0 Å². The number of hydrogen-bond donors (Lipinski definition) is 0. The second kappa shape index (κ2) is 4.65. The number of piperidine rings is 1. The van der Waals surface area contributed by atoms with Crippen LogP contribution >= 0.6 is 0 Å². The van der Waals surface area contributed by atoms with Gasteiger partial charge in [-0.25, -0.2) is 12.7 Å². The van der Waals surface area contributed by atoms with Crippen molar-refractivity contribution in [1.29, 1.82) is 0 Å². The molecule has 0 bridgehead atoms. The Bertz CT molecular complexity index is 333. The third-order valence-electron chi connectivity index (χ3n) is 3.59. The van der Waals surface area contributed by atoms with Crippen molar-refractivity contribution < 1.29 is 8.42 Å². The Kier molecular flexibility index (Phi) is 3.59. The van der Waals surface area contributed by atoms with Crippen molar-refractivity contribution in [1.82, 2.24) is 4.31 Å².